The zero-order valence-electron chi connectivity index (χ0n) is 13.2. The van der Waals surface area contributed by atoms with Gasteiger partial charge in [-0.3, -0.25) is 4.79 Å². The van der Waals surface area contributed by atoms with Gasteiger partial charge in [0.2, 0.25) is 5.95 Å². The van der Waals surface area contributed by atoms with E-state index in [9.17, 15) is 4.79 Å². The van der Waals surface area contributed by atoms with Crippen molar-refractivity contribution in [1.82, 2.24) is 19.5 Å². The average Bonchev–Trinajstić information content (AvgIpc) is 2.58. The van der Waals surface area contributed by atoms with Crippen molar-refractivity contribution in [3.8, 4) is 0 Å². The van der Waals surface area contributed by atoms with Gasteiger partial charge in [-0.25, -0.2) is 15.0 Å². The van der Waals surface area contributed by atoms with Gasteiger partial charge in [-0.1, -0.05) is 11.6 Å². The number of aromatic nitrogens is 4. The average molecular weight is 335 g/mol. The summed E-state index contributed by atoms with van der Waals surface area (Å²) in [6.45, 7) is 1.57. The van der Waals surface area contributed by atoms with Crippen molar-refractivity contribution in [1.29, 1.82) is 0 Å². The van der Waals surface area contributed by atoms with E-state index in [0.717, 1.165) is 25.9 Å². The molecule has 0 atom stereocenters. The highest BCUT2D eigenvalue weighted by atomic mass is 35.5. The third-order valence-corrected chi connectivity index (χ3v) is 4.43. The molecule has 0 N–H and O–H groups in total. The summed E-state index contributed by atoms with van der Waals surface area (Å²) < 4.78 is 1.56. The molecule has 3 heterocycles. The minimum atomic E-state index is -0.0552. The second-order valence-electron chi connectivity index (χ2n) is 5.70. The molecule has 23 heavy (non-hydrogen) atoms. The van der Waals surface area contributed by atoms with Crippen LogP contribution in [0.25, 0.3) is 0 Å². The van der Waals surface area contributed by atoms with Gasteiger partial charge in [0.15, 0.2) is 5.82 Å². The first-order valence-electron chi connectivity index (χ1n) is 7.53. The first-order valence-corrected chi connectivity index (χ1v) is 7.91. The zero-order valence-corrected chi connectivity index (χ0v) is 13.9. The van der Waals surface area contributed by atoms with Crippen molar-refractivity contribution in [3.05, 3.63) is 40.2 Å². The standard InChI is InChI=1S/C15H19ClN6O/c1-20-8-5-17-13(14(20)23)22-6-3-12(4-7-22)21(2)15-18-9-11(16)10-19-15/h5,8-10,12H,3-4,6-7H2,1-2H3. The predicted octanol–water partition coefficient (Wildman–Crippen LogP) is 1.33. The molecule has 0 radical (unpaired) electrons. The summed E-state index contributed by atoms with van der Waals surface area (Å²) in [5.41, 5.74) is -0.0552. The third kappa shape index (κ3) is 3.29. The molecule has 0 aromatic carbocycles. The molecule has 122 valence electrons. The number of rotatable bonds is 3. The zero-order chi connectivity index (χ0) is 16.4. The number of nitrogens with zero attached hydrogens (tertiary/aromatic N) is 6. The maximum absolute atomic E-state index is 12.2. The Morgan fingerprint density at radius 2 is 1.87 bits per heavy atom. The summed E-state index contributed by atoms with van der Waals surface area (Å²) in [5, 5.41) is 0.531. The Morgan fingerprint density at radius 3 is 2.52 bits per heavy atom. The lowest BCUT2D eigenvalue weighted by atomic mass is 10.0. The molecule has 1 saturated heterocycles. The van der Waals surface area contributed by atoms with Crippen molar-refractivity contribution >= 4 is 23.4 Å². The van der Waals surface area contributed by atoms with E-state index in [1.165, 1.54) is 0 Å². The number of hydrogen-bond donors (Lipinski definition) is 0. The largest absolute Gasteiger partial charge is 0.352 e. The second kappa shape index (κ2) is 6.54. The van der Waals surface area contributed by atoms with Gasteiger partial charge in [0.25, 0.3) is 5.56 Å². The van der Waals surface area contributed by atoms with E-state index in [-0.39, 0.29) is 5.56 Å². The minimum absolute atomic E-state index is 0.0552. The molecule has 0 aliphatic carbocycles. The summed E-state index contributed by atoms with van der Waals surface area (Å²) in [6, 6.07) is 0.333. The lowest BCUT2D eigenvalue weighted by Gasteiger charge is -2.36. The molecule has 1 aliphatic heterocycles. The smallest absolute Gasteiger partial charge is 0.293 e. The molecule has 3 rings (SSSR count). The molecule has 8 heteroatoms. The van der Waals surface area contributed by atoms with Crippen molar-refractivity contribution in [2.24, 2.45) is 7.05 Å². The van der Waals surface area contributed by atoms with Crippen LogP contribution in [0.2, 0.25) is 5.02 Å². The van der Waals surface area contributed by atoms with Crippen molar-refractivity contribution in [2.45, 2.75) is 18.9 Å². The first kappa shape index (κ1) is 15.7. The number of halogens is 1. The van der Waals surface area contributed by atoms with E-state index in [2.05, 4.69) is 24.8 Å². The molecule has 0 amide bonds. The predicted molar refractivity (Wildman–Crippen MR) is 90.2 cm³/mol. The van der Waals surface area contributed by atoms with Crippen LogP contribution in [0.4, 0.5) is 11.8 Å². The summed E-state index contributed by atoms with van der Waals surface area (Å²) in [4.78, 5) is 29.0. The van der Waals surface area contributed by atoms with Crippen LogP contribution < -0.4 is 15.4 Å². The monoisotopic (exact) mass is 334 g/mol. The first-order chi connectivity index (χ1) is 11.1. The van der Waals surface area contributed by atoms with Crippen LogP contribution in [-0.4, -0.2) is 45.7 Å². The Hall–Kier alpha value is -2.15. The van der Waals surface area contributed by atoms with Crippen molar-refractivity contribution < 1.29 is 0 Å². The minimum Gasteiger partial charge on any atom is -0.352 e. The van der Waals surface area contributed by atoms with Gasteiger partial charge in [-0.15, -0.1) is 0 Å². The molecule has 0 spiro atoms. The third-order valence-electron chi connectivity index (χ3n) is 4.23. The van der Waals surface area contributed by atoms with Crippen LogP contribution >= 0.6 is 11.6 Å². The fourth-order valence-corrected chi connectivity index (χ4v) is 2.91. The van der Waals surface area contributed by atoms with Gasteiger partial charge in [0.05, 0.1) is 17.4 Å². The summed E-state index contributed by atoms with van der Waals surface area (Å²) >= 11 is 5.83. The molecule has 1 fully saturated rings. The molecule has 0 unspecified atom stereocenters. The lowest BCUT2D eigenvalue weighted by Crippen LogP contribution is -2.46. The van der Waals surface area contributed by atoms with Crippen LogP contribution in [0.5, 0.6) is 0 Å². The Bertz CT molecular complexity index is 723. The lowest BCUT2D eigenvalue weighted by molar-refractivity contribution is 0.473. The van der Waals surface area contributed by atoms with E-state index < -0.39 is 0 Å². The number of anilines is 2. The molecular weight excluding hydrogens is 316 g/mol. The topological polar surface area (TPSA) is 67.2 Å². The Kier molecular flexibility index (Phi) is 4.47. The fraction of sp³-hybridized carbons (Fsp3) is 0.467. The van der Waals surface area contributed by atoms with Crippen molar-refractivity contribution in [2.75, 3.05) is 29.9 Å². The number of piperidine rings is 1. The van der Waals surface area contributed by atoms with E-state index >= 15 is 0 Å². The SMILES string of the molecule is CN(c1ncc(Cl)cn1)C1CCN(c2nccn(C)c2=O)CC1. The Labute approximate surface area is 139 Å². The van der Waals surface area contributed by atoms with Gasteiger partial charge < -0.3 is 14.4 Å². The van der Waals surface area contributed by atoms with Crippen LogP contribution in [0.1, 0.15) is 12.8 Å². The van der Waals surface area contributed by atoms with Gasteiger partial charge in [-0.2, -0.15) is 0 Å². The molecule has 1 aliphatic rings. The normalized spacial score (nSPS) is 15.7. The maximum atomic E-state index is 12.2. The second-order valence-corrected chi connectivity index (χ2v) is 6.13. The number of aryl methyl sites for hydroxylation is 1. The fourth-order valence-electron chi connectivity index (χ4n) is 2.82. The molecule has 0 bridgehead atoms. The summed E-state index contributed by atoms with van der Waals surface area (Å²) in [6.07, 6.45) is 8.38. The van der Waals surface area contributed by atoms with Gasteiger partial charge in [0.1, 0.15) is 0 Å². The molecule has 7 nitrogen and oxygen atoms in total. The van der Waals surface area contributed by atoms with Crippen LogP contribution in [0.3, 0.4) is 0 Å². The summed E-state index contributed by atoms with van der Waals surface area (Å²) in [5.74, 6) is 1.19. The highest BCUT2D eigenvalue weighted by molar-refractivity contribution is 6.30. The number of hydrogen-bond acceptors (Lipinski definition) is 6. The molecule has 2 aromatic heterocycles. The van der Waals surface area contributed by atoms with E-state index in [0.29, 0.717) is 22.8 Å². The van der Waals surface area contributed by atoms with E-state index in [4.69, 9.17) is 11.6 Å². The quantitative estimate of drug-likeness (QED) is 0.843. The van der Waals surface area contributed by atoms with Crippen LogP contribution in [0.15, 0.2) is 29.6 Å². The van der Waals surface area contributed by atoms with Gasteiger partial charge in [-0.05, 0) is 12.8 Å². The summed E-state index contributed by atoms with van der Waals surface area (Å²) in [7, 11) is 3.73. The van der Waals surface area contributed by atoms with E-state index in [1.807, 2.05) is 7.05 Å². The van der Waals surface area contributed by atoms with E-state index in [1.54, 1.807) is 36.4 Å². The molecular formula is C15H19ClN6O. The molecule has 0 saturated carbocycles. The van der Waals surface area contributed by atoms with Crippen molar-refractivity contribution in [3.63, 3.8) is 0 Å². The van der Waals surface area contributed by atoms with Gasteiger partial charge in [0, 0.05) is 45.6 Å². The highest BCUT2D eigenvalue weighted by Gasteiger charge is 2.25. The van der Waals surface area contributed by atoms with Crippen LogP contribution in [-0.2, 0) is 7.05 Å². The highest BCUT2D eigenvalue weighted by Crippen LogP contribution is 2.21. The van der Waals surface area contributed by atoms with Gasteiger partial charge >= 0.3 is 0 Å². The molecule has 2 aromatic rings. The Morgan fingerprint density at radius 1 is 1.22 bits per heavy atom. The Balaban J connectivity index is 1.67. The maximum Gasteiger partial charge on any atom is 0.293 e. The van der Waals surface area contributed by atoms with Crippen LogP contribution in [0, 0.1) is 0 Å².